The van der Waals surface area contributed by atoms with Gasteiger partial charge in [0.1, 0.15) is 11.5 Å². The van der Waals surface area contributed by atoms with Gasteiger partial charge in [0.25, 0.3) is 11.7 Å². The van der Waals surface area contributed by atoms with Crippen LogP contribution in [0.1, 0.15) is 28.3 Å². The molecule has 1 unspecified atom stereocenters. The number of hydrogen-bond acceptors (Lipinski definition) is 5. The second-order valence-corrected chi connectivity index (χ2v) is 7.43. The van der Waals surface area contributed by atoms with E-state index in [1.165, 1.54) is 4.90 Å². The van der Waals surface area contributed by atoms with Gasteiger partial charge in [-0.2, -0.15) is 0 Å². The summed E-state index contributed by atoms with van der Waals surface area (Å²) in [6, 6.07) is 17.3. The Bertz CT molecular complexity index is 1150. The molecular weight excluding hydrogens is 392 g/mol. The zero-order valence-electron chi connectivity index (χ0n) is 17.3. The first-order valence-electron chi connectivity index (χ1n) is 9.88. The summed E-state index contributed by atoms with van der Waals surface area (Å²) in [5.41, 5.74) is 3.03. The van der Waals surface area contributed by atoms with Crippen LogP contribution in [0.2, 0.25) is 0 Å². The van der Waals surface area contributed by atoms with E-state index < -0.39 is 17.7 Å². The lowest BCUT2D eigenvalue weighted by molar-refractivity contribution is -0.140. The number of rotatable bonds is 5. The molecule has 1 aliphatic rings. The molecule has 2 aromatic carbocycles. The standard InChI is InChI=1S/C25H22N2O4/c1-16-8-10-18(11-9-16)23(28)21-22(19-6-4-12-26-14-19)27(25(30)24(21)29)15-17-5-3-7-20(13-17)31-2/h3-14,22,28H,15H2,1-2H3/b23-21-. The number of Topliss-reactive ketones (excluding diaryl/α,β-unsaturated/α-hetero) is 1. The molecule has 1 fully saturated rings. The topological polar surface area (TPSA) is 79.7 Å². The highest BCUT2D eigenvalue weighted by Crippen LogP contribution is 2.40. The average Bonchev–Trinajstić information content (AvgIpc) is 3.04. The third kappa shape index (κ3) is 3.92. The molecule has 0 saturated carbocycles. The van der Waals surface area contributed by atoms with E-state index in [1.807, 2.05) is 43.3 Å². The molecule has 0 radical (unpaired) electrons. The number of ketones is 1. The fourth-order valence-corrected chi connectivity index (χ4v) is 3.76. The third-order valence-corrected chi connectivity index (χ3v) is 5.35. The molecule has 0 bridgehead atoms. The van der Waals surface area contributed by atoms with Gasteiger partial charge in [-0.1, -0.05) is 48.0 Å². The first-order chi connectivity index (χ1) is 15.0. The smallest absolute Gasteiger partial charge is 0.295 e. The average molecular weight is 414 g/mol. The number of aromatic nitrogens is 1. The van der Waals surface area contributed by atoms with Gasteiger partial charge in [0.05, 0.1) is 18.7 Å². The molecule has 0 spiro atoms. The number of pyridine rings is 1. The van der Waals surface area contributed by atoms with Crippen LogP contribution in [0.15, 0.2) is 78.6 Å². The number of aliphatic hydroxyl groups excluding tert-OH is 1. The largest absolute Gasteiger partial charge is 0.507 e. The maximum absolute atomic E-state index is 13.0. The molecule has 1 N–H and O–H groups in total. The molecule has 3 aromatic rings. The van der Waals surface area contributed by atoms with Crippen LogP contribution < -0.4 is 4.74 Å². The van der Waals surface area contributed by atoms with Crippen LogP contribution in [-0.2, 0) is 16.1 Å². The van der Waals surface area contributed by atoms with Gasteiger partial charge in [-0.25, -0.2) is 0 Å². The van der Waals surface area contributed by atoms with Crippen LogP contribution in [0, 0.1) is 6.92 Å². The van der Waals surface area contributed by atoms with Gasteiger partial charge in [-0.15, -0.1) is 0 Å². The number of aryl methyl sites for hydroxylation is 1. The predicted octanol–water partition coefficient (Wildman–Crippen LogP) is 4.02. The van der Waals surface area contributed by atoms with Crippen molar-refractivity contribution in [1.29, 1.82) is 0 Å². The minimum absolute atomic E-state index is 0.0600. The Hall–Kier alpha value is -3.93. The highest BCUT2D eigenvalue weighted by atomic mass is 16.5. The van der Waals surface area contributed by atoms with Crippen LogP contribution in [0.5, 0.6) is 5.75 Å². The van der Waals surface area contributed by atoms with Gasteiger partial charge in [0.15, 0.2) is 0 Å². The van der Waals surface area contributed by atoms with Crippen molar-refractivity contribution in [3.8, 4) is 5.75 Å². The van der Waals surface area contributed by atoms with E-state index in [9.17, 15) is 14.7 Å². The SMILES string of the molecule is COc1cccc(CN2C(=O)C(=O)/C(=C(\O)c3ccc(C)cc3)C2c2cccnc2)c1. The number of carbonyl (C=O) groups excluding carboxylic acids is 2. The fourth-order valence-electron chi connectivity index (χ4n) is 3.76. The molecule has 1 amide bonds. The van der Waals surface area contributed by atoms with Crippen LogP contribution in [-0.4, -0.2) is 33.8 Å². The third-order valence-electron chi connectivity index (χ3n) is 5.35. The van der Waals surface area contributed by atoms with E-state index in [0.29, 0.717) is 16.9 Å². The van der Waals surface area contributed by atoms with Crippen LogP contribution in [0.3, 0.4) is 0 Å². The molecular formula is C25H22N2O4. The molecule has 6 heteroatoms. The van der Waals surface area contributed by atoms with Gasteiger partial charge in [-0.05, 0) is 36.2 Å². The van der Waals surface area contributed by atoms with Crippen molar-refractivity contribution in [1.82, 2.24) is 9.88 Å². The van der Waals surface area contributed by atoms with Crippen molar-refractivity contribution in [2.24, 2.45) is 0 Å². The molecule has 31 heavy (non-hydrogen) atoms. The molecule has 1 aliphatic heterocycles. The van der Waals surface area contributed by atoms with Crippen molar-refractivity contribution >= 4 is 17.4 Å². The molecule has 2 heterocycles. The van der Waals surface area contributed by atoms with E-state index >= 15 is 0 Å². The highest BCUT2D eigenvalue weighted by molar-refractivity contribution is 6.46. The molecule has 4 rings (SSSR count). The van der Waals surface area contributed by atoms with Gasteiger partial charge in [0.2, 0.25) is 0 Å². The van der Waals surface area contributed by atoms with Crippen molar-refractivity contribution in [2.45, 2.75) is 19.5 Å². The number of benzene rings is 2. The molecule has 6 nitrogen and oxygen atoms in total. The summed E-state index contributed by atoms with van der Waals surface area (Å²) in [5, 5.41) is 11.0. The van der Waals surface area contributed by atoms with Gasteiger partial charge in [0, 0.05) is 24.5 Å². The highest BCUT2D eigenvalue weighted by Gasteiger charge is 2.46. The summed E-state index contributed by atoms with van der Waals surface area (Å²) in [6.07, 6.45) is 3.23. The summed E-state index contributed by atoms with van der Waals surface area (Å²) in [5.74, 6) is -0.910. The van der Waals surface area contributed by atoms with Crippen molar-refractivity contribution in [3.05, 3.63) is 101 Å². The minimum atomic E-state index is -0.749. The summed E-state index contributed by atoms with van der Waals surface area (Å²) in [6.45, 7) is 2.12. The summed E-state index contributed by atoms with van der Waals surface area (Å²) >= 11 is 0. The first kappa shape index (κ1) is 20.3. The van der Waals surface area contributed by atoms with Crippen LogP contribution in [0.4, 0.5) is 0 Å². The maximum Gasteiger partial charge on any atom is 0.295 e. The first-order valence-corrected chi connectivity index (χ1v) is 9.88. The zero-order valence-corrected chi connectivity index (χ0v) is 17.3. The van der Waals surface area contributed by atoms with Gasteiger partial charge in [-0.3, -0.25) is 14.6 Å². The Morgan fingerprint density at radius 3 is 2.55 bits per heavy atom. The number of ether oxygens (including phenoxy) is 1. The van der Waals surface area contributed by atoms with Crippen molar-refractivity contribution in [3.63, 3.8) is 0 Å². The number of aliphatic hydroxyl groups is 1. The summed E-state index contributed by atoms with van der Waals surface area (Å²) < 4.78 is 5.28. The zero-order chi connectivity index (χ0) is 22.0. The summed E-state index contributed by atoms with van der Waals surface area (Å²) in [4.78, 5) is 31.7. The van der Waals surface area contributed by atoms with Crippen LogP contribution >= 0.6 is 0 Å². The Kier molecular flexibility index (Phi) is 5.54. The van der Waals surface area contributed by atoms with Gasteiger partial charge < -0.3 is 14.7 Å². The lowest BCUT2D eigenvalue weighted by Gasteiger charge is -2.25. The monoisotopic (exact) mass is 414 g/mol. The quantitative estimate of drug-likeness (QED) is 0.388. The molecule has 1 saturated heterocycles. The van der Waals surface area contributed by atoms with Gasteiger partial charge >= 0.3 is 0 Å². The number of nitrogens with zero attached hydrogens (tertiary/aromatic N) is 2. The normalized spacial score (nSPS) is 17.7. The Morgan fingerprint density at radius 2 is 1.87 bits per heavy atom. The van der Waals surface area contributed by atoms with E-state index in [2.05, 4.69) is 4.98 Å². The lowest BCUT2D eigenvalue weighted by Crippen LogP contribution is -2.29. The summed E-state index contributed by atoms with van der Waals surface area (Å²) in [7, 11) is 1.57. The number of likely N-dealkylation sites (tertiary alicyclic amines) is 1. The number of methoxy groups -OCH3 is 1. The second-order valence-electron chi connectivity index (χ2n) is 7.43. The molecule has 1 atom stereocenters. The lowest BCUT2D eigenvalue weighted by atomic mass is 9.96. The van der Waals surface area contributed by atoms with Crippen LogP contribution in [0.25, 0.3) is 5.76 Å². The number of amides is 1. The number of carbonyl (C=O) groups is 2. The number of hydrogen-bond donors (Lipinski definition) is 1. The Balaban J connectivity index is 1.83. The van der Waals surface area contributed by atoms with Crippen molar-refractivity contribution < 1.29 is 19.4 Å². The molecule has 0 aliphatic carbocycles. The molecule has 156 valence electrons. The minimum Gasteiger partial charge on any atom is -0.507 e. The molecule has 1 aromatic heterocycles. The second kappa shape index (κ2) is 8.44. The fraction of sp³-hybridized carbons (Fsp3) is 0.160. The van der Waals surface area contributed by atoms with Crippen molar-refractivity contribution in [2.75, 3.05) is 7.11 Å². The van der Waals surface area contributed by atoms with E-state index in [-0.39, 0.29) is 17.9 Å². The Labute approximate surface area is 180 Å². The Morgan fingerprint density at radius 1 is 1.10 bits per heavy atom. The maximum atomic E-state index is 13.0. The predicted molar refractivity (Wildman–Crippen MR) is 116 cm³/mol. The van der Waals surface area contributed by atoms with E-state index in [4.69, 9.17) is 4.74 Å². The van der Waals surface area contributed by atoms with E-state index in [1.54, 1.807) is 43.8 Å². The van der Waals surface area contributed by atoms with E-state index in [0.717, 1.165) is 11.1 Å².